The predicted octanol–water partition coefficient (Wildman–Crippen LogP) is -7.30. The molecular formula is C89H138N32O20S2. The van der Waals surface area contributed by atoms with Crippen molar-refractivity contribution in [3.05, 3.63) is 108 Å². The number of aliphatic carboxylic acids is 1. The fourth-order valence-electron chi connectivity index (χ4n) is 15.1. The molecule has 0 unspecified atom stereocenters. The Balaban J connectivity index is 1.47. The van der Waals surface area contributed by atoms with Crippen LogP contribution in [0.4, 0.5) is 9.59 Å². The normalized spacial score (nSPS) is 14.7. The Bertz CT molecular complexity index is 5010. The van der Waals surface area contributed by atoms with E-state index in [-0.39, 0.29) is 203 Å². The third-order valence-corrected chi connectivity index (χ3v) is 23.4. The highest BCUT2D eigenvalue weighted by Crippen LogP contribution is 2.24. The van der Waals surface area contributed by atoms with Crippen LogP contribution in [0, 0.1) is 21.6 Å². The van der Waals surface area contributed by atoms with Gasteiger partial charge in [-0.3, -0.25) is 93.6 Å². The largest absolute Gasteiger partial charge is 0.508 e. The van der Waals surface area contributed by atoms with Crippen LogP contribution in [0.3, 0.4) is 0 Å². The summed E-state index contributed by atoms with van der Waals surface area (Å²) in [6.45, 7) is -0.0188. The molecule has 1 fully saturated rings. The van der Waals surface area contributed by atoms with E-state index >= 15 is 28.8 Å². The standard InChI is InChI=1S/C89H138N32O20S2/c90-34-4-3-15-57(111-76(132)61(32-33-69(124)125)114-77(133)63(43-48-23-28-53(122)29-24-48)117-81(137)67(47-143)120-79(135)65(45-50-22-27-51-12-1-2-13-52(51)42-50)116-74(130)58(17-7-37-105-86(97)98)110-71(127)55(91)14-5-35-103-84(93)94)73(129)115-62(20-10-40-108-89(102)141)83(139)121-41-11-21-68(121)82(138)118-64(44-49-25-30-54(123)31-26-49)78(134)113-59(18-8-38-106-87(99)100)72(128)112-60(19-9-39-107-88(101)140)75(131)119-66(46-142)80(136)109-56(70(92)126)16-6-36-104-85(95)96/h1-2,12-13,22-31,42,55-68,122-123,142-143H,3-11,14-21,32-41,43-47,90-91H2,(H2,92,126)(H,109,136)(H,110,127)(H,111,132)(H,112,128)(H,113,134)(H,114,133)(H,115,129)(H,116,130)(H,117,137)(H,118,138)(H,119,131)(H,120,135)(H,124,125)(H4,93,94,103)(H4,95,96,104)(H4,97,98,105)(H4,99,100,106)(H3,101,107,140)(H3,102,108,141)/t55-,56-,57-,58-,59-,60-,61-,62+,63-,64-,65-,66-,67-,68-/m0/s1. The Labute approximate surface area is 836 Å². The number of hydrogen-bond acceptors (Lipinski definition) is 27. The van der Waals surface area contributed by atoms with E-state index in [1.54, 1.807) is 24.3 Å². The van der Waals surface area contributed by atoms with E-state index in [4.69, 9.17) is 73.2 Å². The minimum absolute atomic E-state index is 0.00573. The zero-order valence-corrected chi connectivity index (χ0v) is 81.0. The molecule has 0 saturated carbocycles. The van der Waals surface area contributed by atoms with Crippen molar-refractivity contribution in [3.63, 3.8) is 0 Å². The Kier molecular flexibility index (Phi) is 52.2. The lowest BCUT2D eigenvalue weighted by molar-refractivity contribution is -0.143. The highest BCUT2D eigenvalue weighted by molar-refractivity contribution is 7.80. The van der Waals surface area contributed by atoms with Crippen LogP contribution < -0.4 is 147 Å². The number of carbonyl (C=O) groups is 17. The average Bonchev–Trinajstić information content (AvgIpc) is 1.78. The number of aromatic hydroxyl groups is 2. The monoisotopic (exact) mass is 2040 g/mol. The Morgan fingerprint density at radius 3 is 1.06 bits per heavy atom. The molecule has 54 heteroatoms. The molecule has 4 aromatic rings. The van der Waals surface area contributed by atoms with Crippen LogP contribution in [-0.4, -0.2) is 293 Å². The van der Waals surface area contributed by atoms with Crippen LogP contribution in [0.25, 0.3) is 10.8 Å². The molecule has 4 aromatic carbocycles. The summed E-state index contributed by atoms with van der Waals surface area (Å²) < 4.78 is 0. The molecule has 5 rings (SSSR count). The first-order chi connectivity index (χ1) is 68.0. The highest BCUT2D eigenvalue weighted by atomic mass is 32.1. The second-order valence-corrected chi connectivity index (χ2v) is 34.7. The predicted molar refractivity (Wildman–Crippen MR) is 534 cm³/mol. The Morgan fingerprint density at radius 2 is 0.671 bits per heavy atom. The fraction of sp³-hybridized carbons (Fsp3) is 0.517. The van der Waals surface area contributed by atoms with Gasteiger partial charge in [-0.1, -0.05) is 66.7 Å². The van der Waals surface area contributed by atoms with Crippen molar-refractivity contribution < 1.29 is 96.8 Å². The van der Waals surface area contributed by atoms with E-state index in [0.717, 1.165) is 15.7 Å². The number of urea groups is 2. The van der Waals surface area contributed by atoms with E-state index < -0.39 is 216 Å². The number of nitrogens with zero attached hydrogens (tertiary/aromatic N) is 1. The second-order valence-electron chi connectivity index (χ2n) is 33.9. The van der Waals surface area contributed by atoms with Crippen LogP contribution in [0.15, 0.2) is 91.0 Å². The summed E-state index contributed by atoms with van der Waals surface area (Å²) in [4.78, 5) is 241. The van der Waals surface area contributed by atoms with Crippen molar-refractivity contribution in [1.82, 2.24) is 101 Å². The first kappa shape index (κ1) is 119. The molecule has 143 heavy (non-hydrogen) atoms. The van der Waals surface area contributed by atoms with E-state index in [2.05, 4.69) is 121 Å². The molecule has 1 heterocycles. The summed E-state index contributed by atoms with van der Waals surface area (Å²) in [5.41, 5.74) is 51.5. The van der Waals surface area contributed by atoms with Gasteiger partial charge in [0, 0.05) is 83.0 Å². The highest BCUT2D eigenvalue weighted by Gasteiger charge is 2.42. The number of thiol groups is 2. The number of hydrogen-bond donors (Lipinski definition) is 36. The van der Waals surface area contributed by atoms with E-state index in [0.29, 0.717) is 23.1 Å². The van der Waals surface area contributed by atoms with Gasteiger partial charge in [0.25, 0.3) is 0 Å². The zero-order valence-electron chi connectivity index (χ0n) is 79.2. The average molecular weight is 2040 g/mol. The molecule has 0 aromatic heterocycles. The van der Waals surface area contributed by atoms with Crippen molar-refractivity contribution in [1.29, 1.82) is 21.6 Å². The van der Waals surface area contributed by atoms with Gasteiger partial charge in [-0.2, -0.15) is 25.3 Å². The maximum atomic E-state index is 15.4. The summed E-state index contributed by atoms with van der Waals surface area (Å²) in [5.74, 6) is -17.9. The number of carbonyl (C=O) groups excluding carboxylic acids is 16. The maximum Gasteiger partial charge on any atom is 0.312 e. The molecule has 1 saturated heterocycles. The van der Waals surface area contributed by atoms with Gasteiger partial charge in [0.05, 0.1) is 6.04 Å². The van der Waals surface area contributed by atoms with Gasteiger partial charge >= 0.3 is 18.0 Å². The summed E-state index contributed by atoms with van der Waals surface area (Å²) in [6, 6.07) is -0.159. The number of benzene rings is 4. The third kappa shape index (κ3) is 44.6. The minimum atomic E-state index is -1.86. The number of primary amides is 3. The van der Waals surface area contributed by atoms with Crippen molar-refractivity contribution in [2.75, 3.05) is 63.9 Å². The fourth-order valence-corrected chi connectivity index (χ4v) is 15.6. The molecule has 1 aliphatic heterocycles. The topological polar surface area (TPSA) is 900 Å². The number of phenolic OH excluding ortho intramolecular Hbond substituents is 2. The van der Waals surface area contributed by atoms with E-state index in [1.165, 1.54) is 48.5 Å². The Hall–Kier alpha value is -15.0. The number of nitrogens with one attached hydrogen (secondary N) is 22. The summed E-state index contributed by atoms with van der Waals surface area (Å²) in [5, 5.41) is 109. The number of fused-ring (bicyclic) bond motifs is 1. The first-order valence-corrected chi connectivity index (χ1v) is 47.8. The van der Waals surface area contributed by atoms with Crippen LogP contribution in [0.5, 0.6) is 11.5 Å². The molecule has 14 atom stereocenters. The minimum Gasteiger partial charge on any atom is -0.508 e. The summed E-state index contributed by atoms with van der Waals surface area (Å²) >= 11 is 8.66. The van der Waals surface area contributed by atoms with Crippen LogP contribution in [0.1, 0.15) is 139 Å². The van der Waals surface area contributed by atoms with Gasteiger partial charge in [0.1, 0.15) is 90.0 Å². The smallest absolute Gasteiger partial charge is 0.312 e. The van der Waals surface area contributed by atoms with E-state index in [1.807, 2.05) is 18.2 Å². The van der Waals surface area contributed by atoms with Gasteiger partial charge in [-0.15, -0.1) is 0 Å². The van der Waals surface area contributed by atoms with Crippen molar-refractivity contribution in [3.8, 4) is 11.5 Å². The van der Waals surface area contributed by atoms with Gasteiger partial charge in [-0.05, 0) is 174 Å². The molecule has 0 spiro atoms. The van der Waals surface area contributed by atoms with Crippen LogP contribution in [0.2, 0.25) is 0 Å². The number of phenols is 2. The van der Waals surface area contributed by atoms with Gasteiger partial charge in [0.15, 0.2) is 23.8 Å². The number of carboxylic acid groups (broad SMARTS) is 1. The van der Waals surface area contributed by atoms with E-state index in [9.17, 15) is 68.1 Å². The summed E-state index contributed by atoms with van der Waals surface area (Å²) in [7, 11) is 0. The molecule has 786 valence electrons. The number of nitrogens with two attached hydrogens (primary N) is 9. The molecular weight excluding hydrogens is 1900 g/mol. The molecule has 0 aliphatic carbocycles. The number of unbranched alkanes of at least 4 members (excludes halogenated alkanes) is 1. The van der Waals surface area contributed by atoms with Gasteiger partial charge in [-0.25, -0.2) is 9.59 Å². The van der Waals surface area contributed by atoms with Crippen LogP contribution >= 0.6 is 25.3 Å². The van der Waals surface area contributed by atoms with Crippen molar-refractivity contribution >= 4 is 161 Å². The molecule has 43 N–H and O–H groups in total. The lowest BCUT2D eigenvalue weighted by Gasteiger charge is -2.31. The molecule has 0 bridgehead atoms. The molecule has 18 amide bonds. The van der Waals surface area contributed by atoms with Crippen molar-refractivity contribution in [2.45, 2.75) is 226 Å². The molecule has 0 radical (unpaired) electrons. The van der Waals surface area contributed by atoms with Crippen LogP contribution in [-0.2, 0) is 91.2 Å². The SMILES string of the molecule is N=C(N)NCCC[C@H](NC(=O)[C@H](CS)NC(=O)[C@H](CCCNC(N)=O)NC(=O)[C@H](CCCNC(=N)N)NC(=O)[C@H](Cc1ccc(O)cc1)NC(=O)[C@@H]1CCCN1C(=O)[C@@H](CCCNC(N)=O)NC(=O)[C@H](CCCCN)NC(=O)[C@H](CCC(=O)O)NC(=O)[C@H](Cc1ccc(O)cc1)NC(=O)[C@H](CS)NC(=O)[C@H](Cc1ccc2ccccc2c1)NC(=O)[C@H](CCCNC(=N)N)NC(=O)[C@@H](N)CCCNC(=N)N)C(N)=O. The Morgan fingerprint density at radius 1 is 0.357 bits per heavy atom. The zero-order chi connectivity index (χ0) is 106. The number of likely N-dealkylation sites (tertiary alicyclic amines) is 1. The number of guanidine groups is 4. The van der Waals surface area contributed by atoms with Gasteiger partial charge in [0.2, 0.25) is 82.7 Å². The lowest BCUT2D eigenvalue weighted by Crippen LogP contribution is -2.61. The number of carboxylic acids is 1. The summed E-state index contributed by atoms with van der Waals surface area (Å²) in [6.07, 6.45) is -2.59. The second kappa shape index (κ2) is 63.0. The number of rotatable bonds is 65. The number of amides is 18. The third-order valence-electron chi connectivity index (χ3n) is 22.6. The lowest BCUT2D eigenvalue weighted by atomic mass is 10.00. The molecule has 52 nitrogen and oxygen atoms in total. The first-order valence-electron chi connectivity index (χ1n) is 46.5. The quantitative estimate of drug-likeness (QED) is 0.00845. The molecule has 1 aliphatic rings. The van der Waals surface area contributed by atoms with Crippen molar-refractivity contribution in [2.24, 2.45) is 51.6 Å². The van der Waals surface area contributed by atoms with Gasteiger partial charge < -0.3 is 168 Å². The maximum absolute atomic E-state index is 15.4.